The molecule has 324 valence electrons. The summed E-state index contributed by atoms with van der Waals surface area (Å²) in [5, 5.41) is 18.8. The lowest BCUT2D eigenvalue weighted by Gasteiger charge is -2.19. The summed E-state index contributed by atoms with van der Waals surface area (Å²) in [6.07, 6.45) is 4.37. The second-order valence-electron chi connectivity index (χ2n) is 13.5. The first-order chi connectivity index (χ1) is 29.1. The summed E-state index contributed by atoms with van der Waals surface area (Å²) < 4.78 is 30.4. The number of nitrogens with zero attached hydrogens (tertiary/aromatic N) is 4. The minimum absolute atomic E-state index is 0.0819. The van der Waals surface area contributed by atoms with Crippen molar-refractivity contribution in [2.24, 2.45) is 0 Å². The average molecular weight is 841 g/mol. The SMILES string of the molecule is C=C(C)C(=O)OCCOC(=O)C(C#N)=Cc1ccc(N(C)CCCOC(=O)CCCC(=O)OCCCN(C)c2ccc(C=C(C#N)C(=O)OCCOC(=O)C(=C)C)cc2)cc1. The molecule has 0 radical (unpaired) electrons. The smallest absolute Gasteiger partial charge is 0.349 e. The van der Waals surface area contributed by atoms with Crippen molar-refractivity contribution >= 4 is 59.3 Å². The molecule has 0 fully saturated rings. The highest BCUT2D eigenvalue weighted by molar-refractivity contribution is 5.98. The zero-order valence-corrected chi connectivity index (χ0v) is 35.1. The van der Waals surface area contributed by atoms with Crippen LogP contribution in [0.3, 0.4) is 0 Å². The molecule has 2 aromatic carbocycles. The van der Waals surface area contributed by atoms with Crippen molar-refractivity contribution in [3.05, 3.63) is 95.1 Å². The Kier molecular flexibility index (Phi) is 22.5. The summed E-state index contributed by atoms with van der Waals surface area (Å²) in [6, 6.07) is 17.9. The number of ether oxygens (including phenoxy) is 6. The normalized spacial score (nSPS) is 10.9. The Balaban J connectivity index is 1.61. The largest absolute Gasteiger partial charge is 0.466 e. The van der Waals surface area contributed by atoms with Gasteiger partial charge in [0, 0.05) is 62.5 Å². The minimum atomic E-state index is -0.837. The van der Waals surface area contributed by atoms with Gasteiger partial charge in [0.15, 0.2) is 0 Å². The fraction of sp³-hybridized carbons (Fsp3) is 0.378. The third kappa shape index (κ3) is 19.9. The number of hydrogen-bond donors (Lipinski definition) is 0. The van der Waals surface area contributed by atoms with Gasteiger partial charge in [-0.2, -0.15) is 10.5 Å². The maximum absolute atomic E-state index is 12.2. The van der Waals surface area contributed by atoms with E-state index in [1.165, 1.54) is 26.0 Å². The molecule has 0 aliphatic carbocycles. The maximum atomic E-state index is 12.2. The van der Waals surface area contributed by atoms with Crippen molar-refractivity contribution < 1.29 is 57.2 Å². The molecule has 0 saturated heterocycles. The molecule has 2 aromatic rings. The summed E-state index contributed by atoms with van der Waals surface area (Å²) in [5.74, 6) is -3.69. The summed E-state index contributed by atoms with van der Waals surface area (Å²) in [5.41, 5.74) is 2.97. The van der Waals surface area contributed by atoms with E-state index in [9.17, 15) is 39.3 Å². The van der Waals surface area contributed by atoms with Gasteiger partial charge in [0.25, 0.3) is 0 Å². The highest BCUT2D eigenvalue weighted by Crippen LogP contribution is 2.18. The molecule has 2 rings (SSSR count). The van der Waals surface area contributed by atoms with Gasteiger partial charge in [-0.1, -0.05) is 37.4 Å². The van der Waals surface area contributed by atoms with Crippen LogP contribution >= 0.6 is 0 Å². The van der Waals surface area contributed by atoms with Gasteiger partial charge in [-0.15, -0.1) is 0 Å². The zero-order chi connectivity index (χ0) is 45.2. The fourth-order valence-electron chi connectivity index (χ4n) is 4.95. The van der Waals surface area contributed by atoms with E-state index in [0.717, 1.165) is 11.4 Å². The van der Waals surface area contributed by atoms with Crippen LogP contribution < -0.4 is 9.80 Å². The van der Waals surface area contributed by atoms with Crippen molar-refractivity contribution in [1.82, 2.24) is 0 Å². The highest BCUT2D eigenvalue weighted by Gasteiger charge is 2.14. The Morgan fingerprint density at radius 1 is 0.525 bits per heavy atom. The van der Waals surface area contributed by atoms with Gasteiger partial charge in [-0.3, -0.25) is 9.59 Å². The van der Waals surface area contributed by atoms with Gasteiger partial charge in [-0.05, 0) is 80.7 Å². The van der Waals surface area contributed by atoms with Gasteiger partial charge < -0.3 is 38.2 Å². The van der Waals surface area contributed by atoms with E-state index in [-0.39, 0.29) is 74.8 Å². The predicted octanol–water partition coefficient (Wildman–Crippen LogP) is 5.44. The van der Waals surface area contributed by atoms with Gasteiger partial charge in [0.1, 0.15) is 49.7 Å². The zero-order valence-electron chi connectivity index (χ0n) is 35.1. The van der Waals surface area contributed by atoms with E-state index in [1.54, 1.807) is 24.3 Å². The first kappa shape index (κ1) is 49.9. The number of anilines is 2. The molecule has 0 spiro atoms. The molecule has 0 heterocycles. The fourth-order valence-corrected chi connectivity index (χ4v) is 4.95. The van der Waals surface area contributed by atoms with Gasteiger partial charge in [0.2, 0.25) is 0 Å². The standard InChI is InChI=1S/C45H52N4O12/c1-32(2)42(52)58-24-26-60-44(54)36(30-46)28-34-12-16-38(17-13-34)48(5)20-8-22-56-40(50)10-7-11-41(51)57-23-9-21-49(6)39-18-14-35(15-19-39)29-37(31-47)45(55)61-27-25-59-43(53)33(3)4/h12-19,28-29H,1,3,7-11,20-27H2,2,4-6H3. The van der Waals surface area contributed by atoms with Crippen molar-refractivity contribution in [2.45, 2.75) is 46.0 Å². The van der Waals surface area contributed by atoms with Crippen molar-refractivity contribution in [2.75, 3.05) is 76.6 Å². The number of benzene rings is 2. The van der Waals surface area contributed by atoms with E-state index in [4.69, 9.17) is 28.4 Å². The Morgan fingerprint density at radius 3 is 1.16 bits per heavy atom. The van der Waals surface area contributed by atoms with Crippen molar-refractivity contribution in [1.29, 1.82) is 10.5 Å². The topological polar surface area (TPSA) is 212 Å². The Morgan fingerprint density at radius 2 is 0.852 bits per heavy atom. The lowest BCUT2D eigenvalue weighted by Crippen LogP contribution is -2.20. The monoisotopic (exact) mass is 840 g/mol. The second kappa shape index (κ2) is 27.5. The summed E-state index contributed by atoms with van der Waals surface area (Å²) >= 11 is 0. The lowest BCUT2D eigenvalue weighted by molar-refractivity contribution is -0.147. The van der Waals surface area contributed by atoms with Crippen LogP contribution in [0.15, 0.2) is 84.0 Å². The first-order valence-electron chi connectivity index (χ1n) is 19.3. The van der Waals surface area contributed by atoms with E-state index in [1.807, 2.05) is 60.3 Å². The second-order valence-corrected chi connectivity index (χ2v) is 13.5. The lowest BCUT2D eigenvalue weighted by atomic mass is 10.1. The molecule has 16 heteroatoms. The van der Waals surface area contributed by atoms with Crippen LogP contribution in [0.2, 0.25) is 0 Å². The maximum Gasteiger partial charge on any atom is 0.349 e. The number of hydrogen-bond acceptors (Lipinski definition) is 16. The Labute approximate surface area is 356 Å². The number of carbonyl (C=O) groups excluding carboxylic acids is 6. The molecular weight excluding hydrogens is 789 g/mol. The van der Waals surface area contributed by atoms with Crippen LogP contribution in [-0.2, 0) is 57.2 Å². The summed E-state index contributed by atoms with van der Waals surface area (Å²) in [6.45, 7) is 10.8. The summed E-state index contributed by atoms with van der Waals surface area (Å²) in [7, 11) is 3.75. The molecule has 0 unspecified atom stereocenters. The number of carbonyl (C=O) groups is 6. The molecule has 61 heavy (non-hydrogen) atoms. The van der Waals surface area contributed by atoms with E-state index in [2.05, 4.69) is 13.2 Å². The summed E-state index contributed by atoms with van der Waals surface area (Å²) in [4.78, 5) is 75.6. The van der Waals surface area contributed by atoms with E-state index < -0.39 is 35.8 Å². The number of esters is 6. The van der Waals surface area contributed by atoms with Gasteiger partial charge in [-0.25, -0.2) is 19.2 Å². The van der Waals surface area contributed by atoms with Crippen LogP contribution in [0.5, 0.6) is 0 Å². The van der Waals surface area contributed by atoms with Crippen LogP contribution in [-0.4, -0.2) is 103 Å². The van der Waals surface area contributed by atoms with Crippen LogP contribution in [0.1, 0.15) is 57.1 Å². The third-order valence-electron chi connectivity index (χ3n) is 8.33. The predicted molar refractivity (Wildman–Crippen MR) is 225 cm³/mol. The van der Waals surface area contributed by atoms with E-state index in [0.29, 0.717) is 43.5 Å². The molecule has 0 aliphatic rings. The highest BCUT2D eigenvalue weighted by atomic mass is 16.6. The number of rotatable bonds is 26. The minimum Gasteiger partial charge on any atom is -0.466 e. The van der Waals surface area contributed by atoms with Crippen LogP contribution in [0, 0.1) is 22.7 Å². The quantitative estimate of drug-likeness (QED) is 0.0380. The molecule has 0 bridgehead atoms. The van der Waals surface area contributed by atoms with Crippen LogP contribution in [0.25, 0.3) is 12.2 Å². The molecule has 0 atom stereocenters. The van der Waals surface area contributed by atoms with Crippen LogP contribution in [0.4, 0.5) is 11.4 Å². The van der Waals surface area contributed by atoms with Crippen molar-refractivity contribution in [3.63, 3.8) is 0 Å². The molecular formula is C45H52N4O12. The molecule has 0 amide bonds. The molecule has 16 nitrogen and oxygen atoms in total. The van der Waals surface area contributed by atoms with Gasteiger partial charge in [0.05, 0.1) is 13.2 Å². The van der Waals surface area contributed by atoms with E-state index >= 15 is 0 Å². The molecule has 0 saturated carbocycles. The van der Waals surface area contributed by atoms with Crippen molar-refractivity contribution in [3.8, 4) is 12.1 Å². The molecule has 0 N–H and O–H groups in total. The third-order valence-corrected chi connectivity index (χ3v) is 8.33. The average Bonchev–Trinajstić information content (AvgIpc) is 3.24. The number of nitriles is 2. The molecule has 0 aromatic heterocycles. The molecule has 0 aliphatic heterocycles. The first-order valence-corrected chi connectivity index (χ1v) is 19.3. The Bertz CT molecular complexity index is 1860. The van der Waals surface area contributed by atoms with Gasteiger partial charge >= 0.3 is 35.8 Å². The Hall–Kier alpha value is -7.20.